The Labute approximate surface area is 178 Å². The SMILES string of the molecule is C=CCn1c(=O)c2ccccc2n2c(=S)n(CN(CC)Cc3cccc(F)c3)nc12. The Balaban J connectivity index is 1.82. The maximum absolute atomic E-state index is 13.6. The number of rotatable bonds is 7. The molecule has 6 nitrogen and oxygen atoms in total. The van der Waals surface area contributed by atoms with E-state index < -0.39 is 0 Å². The van der Waals surface area contributed by atoms with Gasteiger partial charge in [-0.3, -0.25) is 18.7 Å². The van der Waals surface area contributed by atoms with E-state index in [1.165, 1.54) is 12.1 Å². The zero-order chi connectivity index (χ0) is 21.3. The van der Waals surface area contributed by atoms with Crippen LogP contribution in [0, 0.1) is 10.6 Å². The quantitative estimate of drug-likeness (QED) is 0.333. The third-order valence-electron chi connectivity index (χ3n) is 5.07. The lowest BCUT2D eigenvalue weighted by molar-refractivity contribution is 0.207. The molecular weight excluding hydrogens is 401 g/mol. The second-order valence-corrected chi connectivity index (χ2v) is 7.42. The van der Waals surface area contributed by atoms with Gasteiger partial charge in [-0.05, 0) is 48.6 Å². The van der Waals surface area contributed by atoms with Crippen LogP contribution < -0.4 is 5.56 Å². The molecule has 0 N–H and O–H groups in total. The van der Waals surface area contributed by atoms with Crippen molar-refractivity contribution >= 4 is 28.9 Å². The van der Waals surface area contributed by atoms with Crippen LogP contribution in [0.1, 0.15) is 12.5 Å². The summed E-state index contributed by atoms with van der Waals surface area (Å²) in [5, 5.41) is 5.24. The first-order valence-electron chi connectivity index (χ1n) is 9.72. The molecule has 0 saturated carbocycles. The third-order valence-corrected chi connectivity index (χ3v) is 5.47. The summed E-state index contributed by atoms with van der Waals surface area (Å²) in [7, 11) is 0. The topological polar surface area (TPSA) is 47.5 Å². The van der Waals surface area contributed by atoms with Crippen LogP contribution in [0.25, 0.3) is 16.7 Å². The van der Waals surface area contributed by atoms with E-state index in [-0.39, 0.29) is 11.4 Å². The lowest BCUT2D eigenvalue weighted by Gasteiger charge is -2.20. The van der Waals surface area contributed by atoms with Gasteiger partial charge in [-0.15, -0.1) is 11.7 Å². The smallest absolute Gasteiger partial charge is 0.263 e. The van der Waals surface area contributed by atoms with Crippen molar-refractivity contribution in [3.05, 3.63) is 87.7 Å². The van der Waals surface area contributed by atoms with Gasteiger partial charge in [0.1, 0.15) is 5.82 Å². The van der Waals surface area contributed by atoms with E-state index in [2.05, 4.69) is 16.6 Å². The summed E-state index contributed by atoms with van der Waals surface area (Å²) in [5.41, 5.74) is 1.47. The van der Waals surface area contributed by atoms with Gasteiger partial charge < -0.3 is 0 Å². The Bertz CT molecular complexity index is 1350. The van der Waals surface area contributed by atoms with Crippen molar-refractivity contribution in [1.29, 1.82) is 0 Å². The first-order valence-corrected chi connectivity index (χ1v) is 10.1. The van der Waals surface area contributed by atoms with Crippen LogP contribution in [0.2, 0.25) is 0 Å². The first-order chi connectivity index (χ1) is 14.5. The Morgan fingerprint density at radius 3 is 2.77 bits per heavy atom. The number of aromatic nitrogens is 4. The number of fused-ring (bicyclic) bond motifs is 3. The second-order valence-electron chi connectivity index (χ2n) is 7.06. The summed E-state index contributed by atoms with van der Waals surface area (Å²) in [4.78, 5) is 15.1. The minimum Gasteiger partial charge on any atom is -0.280 e. The molecule has 4 rings (SSSR count). The van der Waals surface area contributed by atoms with Crippen molar-refractivity contribution < 1.29 is 4.39 Å². The van der Waals surface area contributed by atoms with Crippen molar-refractivity contribution in [2.24, 2.45) is 0 Å². The Kier molecular flexibility index (Phi) is 5.61. The van der Waals surface area contributed by atoms with Crippen LogP contribution in [-0.2, 0) is 19.8 Å². The fraction of sp³-hybridized carbons (Fsp3) is 0.227. The molecule has 0 spiro atoms. The number of hydrogen-bond donors (Lipinski definition) is 0. The summed E-state index contributed by atoms with van der Waals surface area (Å²) in [6.45, 7) is 7.83. The molecule has 0 aliphatic heterocycles. The van der Waals surface area contributed by atoms with Crippen molar-refractivity contribution in [1.82, 2.24) is 23.6 Å². The normalized spacial score (nSPS) is 11.6. The highest BCUT2D eigenvalue weighted by Gasteiger charge is 2.16. The van der Waals surface area contributed by atoms with Gasteiger partial charge in [-0.1, -0.05) is 37.3 Å². The van der Waals surface area contributed by atoms with Crippen molar-refractivity contribution in [2.75, 3.05) is 6.54 Å². The average Bonchev–Trinajstić information content (AvgIpc) is 3.06. The number of allylic oxidation sites excluding steroid dienone is 1. The van der Waals surface area contributed by atoms with Gasteiger partial charge in [-0.25, -0.2) is 9.07 Å². The highest BCUT2D eigenvalue weighted by molar-refractivity contribution is 7.71. The highest BCUT2D eigenvalue weighted by atomic mass is 32.1. The molecule has 0 aliphatic carbocycles. The molecule has 0 saturated heterocycles. The van der Waals surface area contributed by atoms with Crippen LogP contribution in [0.15, 0.2) is 66.0 Å². The monoisotopic (exact) mass is 423 g/mol. The van der Waals surface area contributed by atoms with Crippen LogP contribution in [0.4, 0.5) is 4.39 Å². The molecule has 0 fully saturated rings. The molecule has 0 aliphatic rings. The zero-order valence-corrected chi connectivity index (χ0v) is 17.5. The van der Waals surface area contributed by atoms with Crippen LogP contribution in [0.5, 0.6) is 0 Å². The first kappa shape index (κ1) is 20.2. The molecule has 8 heteroatoms. The lowest BCUT2D eigenvalue weighted by atomic mass is 10.2. The minimum atomic E-state index is -0.257. The van der Waals surface area contributed by atoms with E-state index in [9.17, 15) is 9.18 Å². The maximum atomic E-state index is 13.6. The molecule has 2 aromatic carbocycles. The van der Waals surface area contributed by atoms with Gasteiger partial charge in [-0.2, -0.15) is 0 Å². The molecule has 4 aromatic rings. The van der Waals surface area contributed by atoms with E-state index in [1.807, 2.05) is 35.6 Å². The predicted molar refractivity (Wildman–Crippen MR) is 118 cm³/mol. The minimum absolute atomic E-state index is 0.128. The number of nitrogens with zero attached hydrogens (tertiary/aromatic N) is 5. The molecule has 0 amide bonds. The van der Waals surface area contributed by atoms with E-state index >= 15 is 0 Å². The van der Waals surface area contributed by atoms with Gasteiger partial charge in [0.25, 0.3) is 5.56 Å². The largest absolute Gasteiger partial charge is 0.280 e. The summed E-state index contributed by atoms with van der Waals surface area (Å²) in [6, 6.07) is 13.9. The van der Waals surface area contributed by atoms with Crippen molar-refractivity contribution in [3.63, 3.8) is 0 Å². The number of benzene rings is 2. The number of hydrogen-bond acceptors (Lipinski definition) is 4. The predicted octanol–water partition coefficient (Wildman–Crippen LogP) is 3.98. The molecule has 2 heterocycles. The number of halogens is 1. The fourth-order valence-electron chi connectivity index (χ4n) is 3.60. The molecular formula is C22H22FN5OS. The van der Waals surface area contributed by atoms with Gasteiger partial charge in [0.05, 0.1) is 17.6 Å². The van der Waals surface area contributed by atoms with Gasteiger partial charge >= 0.3 is 0 Å². The third kappa shape index (κ3) is 3.59. The van der Waals surface area contributed by atoms with Gasteiger partial charge in [0.2, 0.25) is 10.5 Å². The van der Waals surface area contributed by atoms with Crippen molar-refractivity contribution in [2.45, 2.75) is 26.7 Å². The second kappa shape index (κ2) is 8.33. The fourth-order valence-corrected chi connectivity index (χ4v) is 3.88. The average molecular weight is 424 g/mol. The standard InChI is InChI=1S/C22H22FN5OS/c1-3-12-26-20(29)18-10-5-6-11-19(18)28-21(26)24-27(22(28)30)15-25(4-2)14-16-8-7-9-17(23)13-16/h3,5-11,13H,1,4,12,14-15H2,2H3. The van der Waals surface area contributed by atoms with E-state index in [0.29, 0.717) is 35.7 Å². The highest BCUT2D eigenvalue weighted by Crippen LogP contribution is 2.15. The Hall–Kier alpha value is -3.10. The molecule has 0 radical (unpaired) electrons. The molecule has 30 heavy (non-hydrogen) atoms. The Morgan fingerprint density at radius 1 is 1.23 bits per heavy atom. The molecule has 0 bridgehead atoms. The van der Waals surface area contributed by atoms with Gasteiger partial charge in [0.15, 0.2) is 0 Å². The summed E-state index contributed by atoms with van der Waals surface area (Å²) >= 11 is 5.73. The molecule has 2 aromatic heterocycles. The van der Waals surface area contributed by atoms with E-state index in [0.717, 1.165) is 17.6 Å². The Morgan fingerprint density at radius 2 is 2.03 bits per heavy atom. The summed E-state index contributed by atoms with van der Waals surface area (Å²) in [6.07, 6.45) is 1.67. The maximum Gasteiger partial charge on any atom is 0.263 e. The molecule has 0 unspecified atom stereocenters. The van der Waals surface area contributed by atoms with E-state index in [4.69, 9.17) is 12.2 Å². The van der Waals surface area contributed by atoms with Gasteiger partial charge in [0, 0.05) is 13.1 Å². The van der Waals surface area contributed by atoms with Crippen LogP contribution >= 0.6 is 12.2 Å². The molecule has 0 atom stereocenters. The summed E-state index contributed by atoms with van der Waals surface area (Å²) < 4.78 is 19.2. The lowest BCUT2D eigenvalue weighted by Crippen LogP contribution is -2.26. The van der Waals surface area contributed by atoms with E-state index in [1.54, 1.807) is 27.5 Å². The molecule has 154 valence electrons. The van der Waals surface area contributed by atoms with Crippen molar-refractivity contribution in [3.8, 4) is 0 Å². The van der Waals surface area contributed by atoms with Crippen LogP contribution in [-0.4, -0.2) is 30.2 Å². The number of para-hydroxylation sites is 1. The van der Waals surface area contributed by atoms with Crippen LogP contribution in [0.3, 0.4) is 0 Å². The zero-order valence-electron chi connectivity index (χ0n) is 16.7. The summed E-state index contributed by atoms with van der Waals surface area (Å²) in [5.74, 6) is 0.221.